The van der Waals surface area contributed by atoms with E-state index in [1.165, 1.54) is 7.11 Å². The van der Waals surface area contributed by atoms with E-state index in [0.29, 0.717) is 17.7 Å². The molecule has 2 aliphatic rings. The maximum atomic E-state index is 12.5. The van der Waals surface area contributed by atoms with Crippen molar-refractivity contribution < 1.29 is 27.5 Å². The first-order chi connectivity index (χ1) is 12.8. The van der Waals surface area contributed by atoms with Crippen molar-refractivity contribution in [3.8, 4) is 5.75 Å². The lowest BCUT2D eigenvalue weighted by Gasteiger charge is -2.15. The number of hydrogen-bond acceptors (Lipinski definition) is 7. The number of benzene rings is 1. The smallest absolute Gasteiger partial charge is 0.294 e. The highest BCUT2D eigenvalue weighted by Gasteiger charge is 2.37. The maximum absolute atomic E-state index is 12.5. The van der Waals surface area contributed by atoms with E-state index < -0.39 is 39.5 Å². The Kier molecular flexibility index (Phi) is 5.56. The number of sulfone groups is 1. The van der Waals surface area contributed by atoms with Gasteiger partial charge in [0.25, 0.3) is 11.1 Å². The van der Waals surface area contributed by atoms with Gasteiger partial charge in [-0.3, -0.25) is 19.3 Å². The number of rotatable bonds is 5. The first-order valence-corrected chi connectivity index (χ1v) is 10.8. The number of hydrogen-bond donors (Lipinski definition) is 1. The van der Waals surface area contributed by atoms with Gasteiger partial charge in [-0.2, -0.15) is 0 Å². The molecular weight excluding hydrogens is 392 g/mol. The fourth-order valence-electron chi connectivity index (χ4n) is 2.89. The molecule has 0 radical (unpaired) electrons. The van der Waals surface area contributed by atoms with Crippen LogP contribution in [0.2, 0.25) is 0 Å². The number of methoxy groups -OCH3 is 1. The third-order valence-corrected chi connectivity index (χ3v) is 6.87. The number of nitrogens with zero attached hydrogens (tertiary/aromatic N) is 1. The molecule has 1 atom stereocenters. The first kappa shape index (κ1) is 19.4. The van der Waals surface area contributed by atoms with Gasteiger partial charge in [0, 0.05) is 11.6 Å². The summed E-state index contributed by atoms with van der Waals surface area (Å²) in [5, 5.41) is 2.03. The Balaban J connectivity index is 1.67. The predicted molar refractivity (Wildman–Crippen MR) is 101 cm³/mol. The van der Waals surface area contributed by atoms with Crippen LogP contribution >= 0.6 is 11.8 Å². The quantitative estimate of drug-likeness (QED) is 0.722. The minimum atomic E-state index is -3.13. The zero-order chi connectivity index (χ0) is 19.6. The number of amides is 3. The van der Waals surface area contributed by atoms with Crippen LogP contribution in [0.3, 0.4) is 0 Å². The van der Waals surface area contributed by atoms with Gasteiger partial charge >= 0.3 is 0 Å². The molecule has 1 N–H and O–H groups in total. The van der Waals surface area contributed by atoms with Gasteiger partial charge in [0.1, 0.15) is 12.3 Å². The summed E-state index contributed by atoms with van der Waals surface area (Å²) < 4.78 is 28.1. The van der Waals surface area contributed by atoms with Gasteiger partial charge in [0.2, 0.25) is 5.91 Å². The molecule has 144 valence electrons. The zero-order valence-corrected chi connectivity index (χ0v) is 16.1. The number of ether oxygens (including phenoxy) is 1. The second-order valence-electron chi connectivity index (χ2n) is 6.18. The number of thioether (sulfide) groups is 1. The fourth-order valence-corrected chi connectivity index (χ4v) is 5.39. The molecule has 0 bridgehead atoms. The Morgan fingerprint density at radius 3 is 2.78 bits per heavy atom. The van der Waals surface area contributed by atoms with Crippen LogP contribution in [-0.4, -0.2) is 61.6 Å². The number of carbonyl (C=O) groups is 3. The SMILES string of the molecule is COc1ccccc1/C=C1\SC(=O)N(CC(=O)NC2CCS(=O)(=O)C2)C1=O. The summed E-state index contributed by atoms with van der Waals surface area (Å²) >= 11 is 0.747. The molecule has 1 aromatic rings. The molecule has 8 nitrogen and oxygen atoms in total. The van der Waals surface area contributed by atoms with Crippen molar-refractivity contribution in [3.63, 3.8) is 0 Å². The second-order valence-corrected chi connectivity index (χ2v) is 9.40. The summed E-state index contributed by atoms with van der Waals surface area (Å²) in [5.74, 6) is -0.650. The Labute approximate surface area is 160 Å². The molecule has 3 amide bonds. The molecule has 0 aliphatic carbocycles. The van der Waals surface area contributed by atoms with Crippen molar-refractivity contribution in [1.82, 2.24) is 10.2 Å². The number of nitrogens with one attached hydrogen (secondary N) is 1. The molecule has 1 aromatic carbocycles. The molecule has 2 saturated heterocycles. The standard InChI is InChI=1S/C17H18N2O6S2/c1-25-13-5-3-2-4-11(13)8-14-16(21)19(17(22)26-14)9-15(20)18-12-6-7-27(23,24)10-12/h2-5,8,12H,6-7,9-10H2,1H3,(H,18,20)/b14-8-. The molecule has 0 saturated carbocycles. The minimum Gasteiger partial charge on any atom is -0.496 e. The van der Waals surface area contributed by atoms with Gasteiger partial charge in [-0.05, 0) is 30.3 Å². The Bertz CT molecular complexity index is 925. The topological polar surface area (TPSA) is 110 Å². The average molecular weight is 410 g/mol. The molecule has 0 aromatic heterocycles. The number of carbonyl (C=O) groups excluding carboxylic acids is 3. The lowest BCUT2D eigenvalue weighted by molar-refractivity contribution is -0.129. The maximum Gasteiger partial charge on any atom is 0.294 e. The predicted octanol–water partition coefficient (Wildman–Crippen LogP) is 1.03. The molecule has 2 aliphatic heterocycles. The minimum absolute atomic E-state index is 0.0289. The zero-order valence-electron chi connectivity index (χ0n) is 14.5. The van der Waals surface area contributed by atoms with Crippen molar-refractivity contribution in [2.45, 2.75) is 12.5 Å². The van der Waals surface area contributed by atoms with Gasteiger partial charge in [0.15, 0.2) is 9.84 Å². The van der Waals surface area contributed by atoms with Crippen molar-refractivity contribution in [3.05, 3.63) is 34.7 Å². The molecule has 27 heavy (non-hydrogen) atoms. The monoisotopic (exact) mass is 410 g/mol. The highest BCUT2D eigenvalue weighted by molar-refractivity contribution is 8.18. The molecule has 2 fully saturated rings. The first-order valence-electron chi connectivity index (χ1n) is 8.17. The summed E-state index contributed by atoms with van der Waals surface area (Å²) in [4.78, 5) is 37.8. The van der Waals surface area contributed by atoms with Crippen molar-refractivity contribution >= 4 is 44.7 Å². The summed E-state index contributed by atoms with van der Waals surface area (Å²) in [7, 11) is -1.62. The number of imide groups is 1. The van der Waals surface area contributed by atoms with Crippen LogP contribution < -0.4 is 10.1 Å². The van der Waals surface area contributed by atoms with Crippen LogP contribution in [0.15, 0.2) is 29.2 Å². The van der Waals surface area contributed by atoms with Gasteiger partial charge < -0.3 is 10.1 Å². The van der Waals surface area contributed by atoms with E-state index in [2.05, 4.69) is 5.32 Å². The van der Waals surface area contributed by atoms with Crippen LogP contribution in [-0.2, 0) is 19.4 Å². The fraction of sp³-hybridized carbons (Fsp3) is 0.353. The van der Waals surface area contributed by atoms with Crippen molar-refractivity contribution in [1.29, 1.82) is 0 Å². The van der Waals surface area contributed by atoms with Gasteiger partial charge in [-0.15, -0.1) is 0 Å². The van der Waals surface area contributed by atoms with Crippen molar-refractivity contribution in [2.24, 2.45) is 0 Å². The Hall–Kier alpha value is -2.33. The summed E-state index contributed by atoms with van der Waals surface area (Å²) in [5.41, 5.74) is 0.645. The molecule has 1 unspecified atom stereocenters. The van der Waals surface area contributed by atoms with Crippen molar-refractivity contribution in [2.75, 3.05) is 25.2 Å². The largest absolute Gasteiger partial charge is 0.496 e. The average Bonchev–Trinajstić information content (AvgIpc) is 3.08. The van der Waals surface area contributed by atoms with E-state index in [9.17, 15) is 22.8 Å². The number of para-hydroxylation sites is 1. The highest BCUT2D eigenvalue weighted by Crippen LogP contribution is 2.33. The summed E-state index contributed by atoms with van der Waals surface area (Å²) in [6, 6.07) is 6.57. The second kappa shape index (κ2) is 7.73. The molecule has 3 rings (SSSR count). The summed E-state index contributed by atoms with van der Waals surface area (Å²) in [6.45, 7) is -0.440. The van der Waals surface area contributed by atoms with E-state index in [1.807, 2.05) is 0 Å². The molecule has 2 heterocycles. The third-order valence-electron chi connectivity index (χ3n) is 4.20. The molecule has 10 heteroatoms. The van der Waals surface area contributed by atoms with E-state index in [4.69, 9.17) is 4.74 Å². The molecular formula is C17H18N2O6S2. The lowest BCUT2D eigenvalue weighted by atomic mass is 10.2. The van der Waals surface area contributed by atoms with E-state index in [1.54, 1.807) is 30.3 Å². The van der Waals surface area contributed by atoms with Crippen LogP contribution in [0.1, 0.15) is 12.0 Å². The normalized spacial score (nSPS) is 23.1. The lowest BCUT2D eigenvalue weighted by Crippen LogP contribution is -2.43. The third kappa shape index (κ3) is 4.51. The van der Waals surface area contributed by atoms with E-state index in [-0.39, 0.29) is 16.4 Å². The van der Waals surface area contributed by atoms with Gasteiger partial charge in [-0.25, -0.2) is 8.42 Å². The van der Waals surface area contributed by atoms with Gasteiger partial charge in [-0.1, -0.05) is 18.2 Å². The van der Waals surface area contributed by atoms with Crippen LogP contribution in [0, 0.1) is 0 Å². The Morgan fingerprint density at radius 1 is 1.37 bits per heavy atom. The van der Waals surface area contributed by atoms with Gasteiger partial charge in [0.05, 0.1) is 23.5 Å². The highest BCUT2D eigenvalue weighted by atomic mass is 32.2. The van der Waals surface area contributed by atoms with Crippen LogP contribution in [0.5, 0.6) is 5.75 Å². The van der Waals surface area contributed by atoms with Crippen LogP contribution in [0.4, 0.5) is 4.79 Å². The molecule has 0 spiro atoms. The summed E-state index contributed by atoms with van der Waals surface area (Å²) in [6.07, 6.45) is 1.88. The Morgan fingerprint density at radius 2 is 2.11 bits per heavy atom. The van der Waals surface area contributed by atoms with E-state index in [0.717, 1.165) is 16.7 Å². The van der Waals surface area contributed by atoms with E-state index >= 15 is 0 Å². The van der Waals surface area contributed by atoms with Crippen LogP contribution in [0.25, 0.3) is 6.08 Å².